The number of fused-ring (bicyclic) bond motifs is 1. The van der Waals surface area contributed by atoms with Crippen LogP contribution in [0.2, 0.25) is 0 Å². The van der Waals surface area contributed by atoms with Crippen LogP contribution in [-0.4, -0.2) is 23.8 Å². The number of hydrogen-bond donors (Lipinski definition) is 1. The first kappa shape index (κ1) is 7.72. The van der Waals surface area contributed by atoms with Crippen molar-refractivity contribution in [3.8, 4) is 5.75 Å². The van der Waals surface area contributed by atoms with Crippen LogP contribution in [0.3, 0.4) is 0 Å². The molecule has 0 radical (unpaired) electrons. The first-order chi connectivity index (χ1) is 6.29. The summed E-state index contributed by atoms with van der Waals surface area (Å²) in [5.74, 6) is 0.560. The van der Waals surface area contributed by atoms with Gasteiger partial charge in [-0.1, -0.05) is 0 Å². The van der Waals surface area contributed by atoms with Gasteiger partial charge in [0.05, 0.1) is 0 Å². The van der Waals surface area contributed by atoms with Crippen LogP contribution in [0.15, 0.2) is 12.3 Å². The van der Waals surface area contributed by atoms with Gasteiger partial charge in [-0.25, -0.2) is 4.98 Å². The highest BCUT2D eigenvalue weighted by molar-refractivity contribution is 5.94. The fraction of sp³-hybridized carbons (Fsp3) is 0.125. The van der Waals surface area contributed by atoms with Gasteiger partial charge in [0.2, 0.25) is 0 Å². The van der Waals surface area contributed by atoms with Crippen molar-refractivity contribution in [2.45, 2.75) is 0 Å². The maximum Gasteiger partial charge on any atom is 0.263 e. The van der Waals surface area contributed by atoms with Crippen LogP contribution in [0.25, 0.3) is 0 Å². The Morgan fingerprint density at radius 2 is 2.46 bits per heavy atom. The fourth-order valence-corrected chi connectivity index (χ4v) is 1.04. The van der Waals surface area contributed by atoms with E-state index in [0.717, 1.165) is 0 Å². The van der Waals surface area contributed by atoms with Crippen molar-refractivity contribution in [2.75, 3.05) is 11.9 Å². The van der Waals surface area contributed by atoms with Gasteiger partial charge >= 0.3 is 0 Å². The topological polar surface area (TPSA) is 68.3 Å². The number of ether oxygens (including phenoxy) is 1. The maximum absolute atomic E-state index is 10.8. The van der Waals surface area contributed by atoms with Gasteiger partial charge in [0.25, 0.3) is 5.91 Å². The summed E-state index contributed by atoms with van der Waals surface area (Å²) in [5.41, 5.74) is 0.426. The smallest absolute Gasteiger partial charge is 0.263 e. The van der Waals surface area contributed by atoms with Gasteiger partial charge < -0.3 is 10.1 Å². The first-order valence-corrected chi connectivity index (χ1v) is 3.67. The van der Waals surface area contributed by atoms with E-state index in [9.17, 15) is 9.59 Å². The van der Waals surface area contributed by atoms with Gasteiger partial charge in [-0.2, -0.15) is 0 Å². The molecule has 0 atom stereocenters. The van der Waals surface area contributed by atoms with Crippen LogP contribution in [0.1, 0.15) is 10.4 Å². The molecule has 0 spiro atoms. The molecule has 5 heteroatoms. The molecule has 0 aliphatic carbocycles. The van der Waals surface area contributed by atoms with Crippen LogP contribution in [-0.2, 0) is 4.79 Å². The minimum absolute atomic E-state index is 0.0308. The van der Waals surface area contributed by atoms with Crippen molar-refractivity contribution in [1.29, 1.82) is 0 Å². The Hall–Kier alpha value is -1.91. The Morgan fingerprint density at radius 1 is 1.62 bits per heavy atom. The zero-order chi connectivity index (χ0) is 9.26. The molecule has 0 fully saturated rings. The summed E-state index contributed by atoms with van der Waals surface area (Å²) < 4.78 is 5.04. The second-order valence-corrected chi connectivity index (χ2v) is 2.57. The molecule has 1 aromatic heterocycles. The Bertz CT molecular complexity index is 376. The van der Waals surface area contributed by atoms with E-state index in [2.05, 4.69) is 10.3 Å². The highest BCUT2D eigenvalue weighted by Gasteiger charge is 2.16. The van der Waals surface area contributed by atoms with Crippen molar-refractivity contribution in [2.24, 2.45) is 0 Å². The summed E-state index contributed by atoms with van der Waals surface area (Å²) >= 11 is 0. The number of carbonyl (C=O) groups excluding carboxylic acids is 2. The number of amides is 1. The number of hydrogen-bond acceptors (Lipinski definition) is 4. The van der Waals surface area contributed by atoms with Gasteiger partial charge in [-0.3, -0.25) is 9.59 Å². The normalized spacial score (nSPS) is 14.0. The standard InChI is InChI=1S/C8H6N2O3/c11-3-5-1-6-8(9-2-5)10-7(12)4-13-6/h1-3H,4H2,(H,9,10,12). The van der Waals surface area contributed by atoms with Crippen molar-refractivity contribution < 1.29 is 14.3 Å². The Balaban J connectivity index is 2.42. The first-order valence-electron chi connectivity index (χ1n) is 3.67. The molecule has 1 N–H and O–H groups in total. The van der Waals surface area contributed by atoms with Crippen molar-refractivity contribution in [1.82, 2.24) is 4.98 Å². The summed E-state index contributed by atoms with van der Waals surface area (Å²) in [6.07, 6.45) is 2.05. The lowest BCUT2D eigenvalue weighted by Crippen LogP contribution is -2.26. The van der Waals surface area contributed by atoms with Gasteiger partial charge in [-0.15, -0.1) is 0 Å². The summed E-state index contributed by atoms with van der Waals surface area (Å²) in [6, 6.07) is 1.54. The minimum atomic E-state index is -0.237. The largest absolute Gasteiger partial charge is 0.480 e. The molecule has 13 heavy (non-hydrogen) atoms. The van der Waals surface area contributed by atoms with E-state index < -0.39 is 0 Å². The third-order valence-corrected chi connectivity index (χ3v) is 1.63. The van der Waals surface area contributed by atoms with Crippen LogP contribution >= 0.6 is 0 Å². The third-order valence-electron chi connectivity index (χ3n) is 1.63. The molecular formula is C8H6N2O3. The zero-order valence-electron chi connectivity index (χ0n) is 6.61. The molecule has 2 rings (SSSR count). The van der Waals surface area contributed by atoms with Crippen LogP contribution in [0, 0.1) is 0 Å². The average molecular weight is 178 g/mol. The molecule has 2 heterocycles. The number of rotatable bonds is 1. The maximum atomic E-state index is 10.8. The Morgan fingerprint density at radius 3 is 3.23 bits per heavy atom. The van der Waals surface area contributed by atoms with E-state index in [1.54, 1.807) is 0 Å². The van der Waals surface area contributed by atoms with E-state index in [0.29, 0.717) is 23.4 Å². The summed E-state index contributed by atoms with van der Waals surface area (Å²) in [5, 5.41) is 2.52. The molecule has 5 nitrogen and oxygen atoms in total. The number of aldehydes is 1. The van der Waals surface area contributed by atoms with Gasteiger partial charge in [0, 0.05) is 11.8 Å². The van der Waals surface area contributed by atoms with Crippen LogP contribution in [0.5, 0.6) is 5.75 Å². The number of nitrogens with zero attached hydrogens (tertiary/aromatic N) is 1. The third kappa shape index (κ3) is 1.35. The number of carbonyl (C=O) groups is 2. The number of aromatic nitrogens is 1. The number of pyridine rings is 1. The van der Waals surface area contributed by atoms with E-state index in [-0.39, 0.29) is 12.5 Å². The Kier molecular flexibility index (Phi) is 1.70. The molecule has 1 aromatic rings. The lowest BCUT2D eigenvalue weighted by molar-refractivity contribution is -0.118. The second kappa shape index (κ2) is 2.85. The number of anilines is 1. The molecular weight excluding hydrogens is 172 g/mol. The van der Waals surface area contributed by atoms with E-state index in [1.807, 2.05) is 0 Å². The minimum Gasteiger partial charge on any atom is -0.480 e. The monoisotopic (exact) mass is 178 g/mol. The summed E-state index contributed by atoms with van der Waals surface area (Å²) in [7, 11) is 0. The van der Waals surface area contributed by atoms with E-state index in [4.69, 9.17) is 4.74 Å². The molecule has 66 valence electrons. The quantitative estimate of drug-likeness (QED) is 0.625. The second-order valence-electron chi connectivity index (χ2n) is 2.57. The van der Waals surface area contributed by atoms with Gasteiger partial charge in [-0.05, 0) is 6.07 Å². The summed E-state index contributed by atoms with van der Waals surface area (Å²) in [4.78, 5) is 25.1. The molecule has 1 amide bonds. The SMILES string of the molecule is O=Cc1cnc2c(c1)OCC(=O)N2. The average Bonchev–Trinajstić information content (AvgIpc) is 2.17. The van der Waals surface area contributed by atoms with E-state index >= 15 is 0 Å². The van der Waals surface area contributed by atoms with Gasteiger partial charge in [0.15, 0.2) is 24.5 Å². The van der Waals surface area contributed by atoms with Crippen molar-refractivity contribution >= 4 is 18.0 Å². The highest BCUT2D eigenvalue weighted by Crippen LogP contribution is 2.24. The fourth-order valence-electron chi connectivity index (χ4n) is 1.04. The van der Waals surface area contributed by atoms with Crippen molar-refractivity contribution in [3.63, 3.8) is 0 Å². The number of nitrogens with one attached hydrogen (secondary N) is 1. The Labute approximate surface area is 73.7 Å². The predicted octanol–water partition coefficient (Wildman–Crippen LogP) is 0.225. The lowest BCUT2D eigenvalue weighted by Gasteiger charge is -2.16. The molecule has 0 aromatic carbocycles. The highest BCUT2D eigenvalue weighted by atomic mass is 16.5. The van der Waals surface area contributed by atoms with Gasteiger partial charge in [0.1, 0.15) is 0 Å². The molecule has 0 unspecified atom stereocenters. The summed E-state index contributed by atoms with van der Waals surface area (Å²) in [6.45, 7) is -0.0308. The lowest BCUT2D eigenvalue weighted by atomic mass is 10.3. The molecule has 0 saturated heterocycles. The molecule has 0 bridgehead atoms. The molecule has 1 aliphatic heterocycles. The molecule has 0 saturated carbocycles. The molecule has 1 aliphatic rings. The van der Waals surface area contributed by atoms with Crippen LogP contribution < -0.4 is 10.1 Å². The van der Waals surface area contributed by atoms with Crippen molar-refractivity contribution in [3.05, 3.63) is 17.8 Å². The predicted molar refractivity (Wildman–Crippen MR) is 43.7 cm³/mol. The zero-order valence-corrected chi connectivity index (χ0v) is 6.61. The van der Waals surface area contributed by atoms with Crippen LogP contribution in [0.4, 0.5) is 5.82 Å². The van der Waals surface area contributed by atoms with E-state index in [1.165, 1.54) is 12.3 Å².